The lowest BCUT2D eigenvalue weighted by Crippen LogP contribution is -2.83. The van der Waals surface area contributed by atoms with Gasteiger partial charge in [0.05, 0.1) is 33.8 Å². The van der Waals surface area contributed by atoms with Crippen LogP contribution in [-0.2, 0) is 0 Å². The van der Waals surface area contributed by atoms with Crippen LogP contribution >= 0.6 is 0 Å². The minimum absolute atomic E-state index is 0.174. The highest BCUT2D eigenvalue weighted by atomic mass is 15.2. The van der Waals surface area contributed by atoms with E-state index in [1.165, 1.54) is 32.9 Å². The molecule has 0 saturated heterocycles. The highest BCUT2D eigenvalue weighted by molar-refractivity contribution is 6.23. The highest BCUT2D eigenvalue weighted by Crippen LogP contribution is 2.37. The van der Waals surface area contributed by atoms with E-state index in [-0.39, 0.29) is 5.96 Å². The van der Waals surface area contributed by atoms with E-state index in [9.17, 15) is 5.41 Å². The summed E-state index contributed by atoms with van der Waals surface area (Å²) in [5.41, 5.74) is 12.1. The van der Waals surface area contributed by atoms with Gasteiger partial charge < -0.3 is 4.57 Å². The number of nitrogens with one attached hydrogen (secondary N) is 1. The van der Waals surface area contributed by atoms with Crippen LogP contribution < -0.4 is 5.32 Å². The summed E-state index contributed by atoms with van der Waals surface area (Å²) in [6.45, 7) is 0. The summed E-state index contributed by atoms with van der Waals surface area (Å²) in [6, 6.07) is 59.9. The summed E-state index contributed by atoms with van der Waals surface area (Å²) in [6.07, 6.45) is 6.10. The summed E-state index contributed by atoms with van der Waals surface area (Å²) < 4.78 is 4.32. The minimum Gasteiger partial charge on any atom is -0.309 e. The molecular formula is C48H34N5+. The maximum Gasteiger partial charge on any atom is 0.240 e. The van der Waals surface area contributed by atoms with Crippen LogP contribution in [-0.4, -0.2) is 20.9 Å². The van der Waals surface area contributed by atoms with Crippen LogP contribution in [0.15, 0.2) is 193 Å². The Hall–Kier alpha value is -7.08. The molecule has 2 aromatic heterocycles. The van der Waals surface area contributed by atoms with E-state index in [0.717, 1.165) is 55.6 Å². The van der Waals surface area contributed by atoms with Crippen molar-refractivity contribution in [3.63, 3.8) is 0 Å². The number of allylic oxidation sites excluding steroid dienone is 2. The summed E-state index contributed by atoms with van der Waals surface area (Å²) in [7, 11) is 0. The number of aromatic nitrogens is 2. The Bertz CT molecular complexity index is 2960. The molecule has 0 spiro atoms. The number of benzene rings is 7. The van der Waals surface area contributed by atoms with Gasteiger partial charge in [0.1, 0.15) is 0 Å². The zero-order valence-electron chi connectivity index (χ0n) is 28.8. The number of para-hydroxylation sites is 3. The molecule has 53 heavy (non-hydrogen) atoms. The lowest BCUT2D eigenvalue weighted by Gasteiger charge is -2.12. The van der Waals surface area contributed by atoms with Gasteiger partial charge >= 0.3 is 0 Å². The molecule has 7 aromatic carbocycles. The van der Waals surface area contributed by atoms with Gasteiger partial charge in [0.25, 0.3) is 0 Å². The van der Waals surface area contributed by atoms with Crippen LogP contribution in [0, 0.1) is 5.41 Å². The molecule has 0 radical (unpaired) electrons. The van der Waals surface area contributed by atoms with Crippen molar-refractivity contribution >= 4 is 61.0 Å². The van der Waals surface area contributed by atoms with E-state index in [2.05, 4.69) is 168 Å². The third-order valence-electron chi connectivity index (χ3n) is 10.3. The summed E-state index contributed by atoms with van der Waals surface area (Å²) in [5, 5.41) is 16.0. The van der Waals surface area contributed by atoms with Crippen molar-refractivity contribution in [1.82, 2.24) is 9.13 Å². The SMILES string of the molecule is N=C(/N=C1\[NH2+]C=CC=C1c1ccc(-c2ccccc2)cc1)n1c2ccccc2c2cc(-c3ccc4c(c3)c3ccccc3n4-c3ccccc3)ccc21. The number of hydrogen-bond acceptors (Lipinski definition) is 1. The van der Waals surface area contributed by atoms with Gasteiger partial charge in [0.2, 0.25) is 11.8 Å². The summed E-state index contributed by atoms with van der Waals surface area (Å²) in [4.78, 5) is 4.97. The minimum atomic E-state index is 0.174. The van der Waals surface area contributed by atoms with Gasteiger partial charge in [-0.1, -0.05) is 121 Å². The van der Waals surface area contributed by atoms with Crippen molar-refractivity contribution < 1.29 is 5.32 Å². The number of fused-ring (bicyclic) bond motifs is 6. The van der Waals surface area contributed by atoms with Crippen molar-refractivity contribution in [2.24, 2.45) is 4.99 Å². The highest BCUT2D eigenvalue weighted by Gasteiger charge is 2.20. The first-order valence-corrected chi connectivity index (χ1v) is 17.9. The number of nitrogens with zero attached hydrogens (tertiary/aromatic N) is 3. The lowest BCUT2D eigenvalue weighted by molar-refractivity contribution is -0.459. The van der Waals surface area contributed by atoms with Crippen LogP contribution in [0.2, 0.25) is 0 Å². The number of aliphatic imine (C=N–C) groups is 1. The van der Waals surface area contributed by atoms with E-state index >= 15 is 0 Å². The van der Waals surface area contributed by atoms with E-state index in [0.29, 0.717) is 0 Å². The topological polar surface area (TPSA) is 62.7 Å². The van der Waals surface area contributed by atoms with Crippen molar-refractivity contribution in [1.29, 1.82) is 5.41 Å². The number of quaternary nitrogens is 1. The van der Waals surface area contributed by atoms with E-state index < -0.39 is 0 Å². The molecule has 1 aliphatic rings. The number of nitrogens with two attached hydrogens (primary N) is 1. The summed E-state index contributed by atoms with van der Waals surface area (Å²) >= 11 is 0. The number of hydrogen-bond donors (Lipinski definition) is 2. The Morgan fingerprint density at radius 3 is 1.72 bits per heavy atom. The maximum absolute atomic E-state index is 9.41. The molecule has 10 rings (SSSR count). The maximum atomic E-state index is 9.41. The van der Waals surface area contributed by atoms with Crippen LogP contribution in [0.5, 0.6) is 0 Å². The Labute approximate surface area is 306 Å². The van der Waals surface area contributed by atoms with Crippen LogP contribution in [0.3, 0.4) is 0 Å². The molecule has 0 fully saturated rings. The quantitative estimate of drug-likeness (QED) is 0.137. The van der Waals surface area contributed by atoms with Gasteiger partial charge in [0, 0.05) is 27.2 Å². The standard InChI is InChI=1S/C48H33N5/c49-48(51-47-38(18-11-29-50-47)34-23-21-33(22-24-34)32-12-3-1-4-13-32)53-44-20-10-8-17-40(44)42-31-36(26-28-46(42)53)35-25-27-45-41(30-35)39-16-7-9-19-43(39)52(45)37-14-5-2-6-15-37/h1-31H,(H2,49,50,51)/p+1. The molecule has 0 saturated carbocycles. The third-order valence-corrected chi connectivity index (χ3v) is 10.3. The molecule has 250 valence electrons. The molecular weight excluding hydrogens is 647 g/mol. The molecule has 0 unspecified atom stereocenters. The first-order chi connectivity index (χ1) is 26.2. The molecule has 1 aliphatic heterocycles. The van der Waals surface area contributed by atoms with Gasteiger partial charge in [-0.2, -0.15) is 4.99 Å². The molecule has 0 amide bonds. The average Bonchev–Trinajstić information content (AvgIpc) is 3.74. The fourth-order valence-corrected chi connectivity index (χ4v) is 7.84. The molecule has 5 heteroatoms. The zero-order valence-corrected chi connectivity index (χ0v) is 28.8. The van der Waals surface area contributed by atoms with Gasteiger partial charge in [-0.05, 0) is 88.5 Å². The molecule has 0 atom stereocenters. The fourth-order valence-electron chi connectivity index (χ4n) is 7.84. The van der Waals surface area contributed by atoms with Crippen molar-refractivity contribution in [2.45, 2.75) is 0 Å². The summed E-state index contributed by atoms with van der Waals surface area (Å²) in [5.74, 6) is 0.933. The zero-order chi connectivity index (χ0) is 35.3. The predicted molar refractivity (Wildman–Crippen MR) is 221 cm³/mol. The van der Waals surface area contributed by atoms with Crippen LogP contribution in [0.4, 0.5) is 0 Å². The smallest absolute Gasteiger partial charge is 0.240 e. The van der Waals surface area contributed by atoms with Crippen LogP contribution in [0.1, 0.15) is 5.56 Å². The van der Waals surface area contributed by atoms with Crippen molar-refractivity contribution in [3.05, 3.63) is 194 Å². The Morgan fingerprint density at radius 1 is 0.472 bits per heavy atom. The fraction of sp³-hybridized carbons (Fsp3) is 0. The van der Waals surface area contributed by atoms with Crippen molar-refractivity contribution in [3.8, 4) is 27.9 Å². The predicted octanol–water partition coefficient (Wildman–Crippen LogP) is 10.6. The Kier molecular flexibility index (Phi) is 7.30. The van der Waals surface area contributed by atoms with E-state index in [4.69, 9.17) is 4.99 Å². The Morgan fingerprint density at radius 2 is 0.981 bits per heavy atom. The van der Waals surface area contributed by atoms with Gasteiger partial charge in [-0.3, -0.25) is 15.3 Å². The van der Waals surface area contributed by atoms with Gasteiger partial charge in [0.15, 0.2) is 0 Å². The Balaban J connectivity index is 1.04. The van der Waals surface area contributed by atoms with Gasteiger partial charge in [-0.25, -0.2) is 0 Å². The molecule has 0 aliphatic carbocycles. The molecule has 3 N–H and O–H groups in total. The van der Waals surface area contributed by atoms with E-state index in [1.54, 1.807) is 0 Å². The molecule has 3 heterocycles. The second-order valence-corrected chi connectivity index (χ2v) is 13.4. The first-order valence-electron chi connectivity index (χ1n) is 17.9. The second-order valence-electron chi connectivity index (χ2n) is 13.4. The molecule has 9 aromatic rings. The number of rotatable bonds is 4. The average molecular weight is 681 g/mol. The first kappa shape index (κ1) is 30.7. The molecule has 5 nitrogen and oxygen atoms in total. The third kappa shape index (κ3) is 5.22. The largest absolute Gasteiger partial charge is 0.309 e. The van der Waals surface area contributed by atoms with Gasteiger partial charge in [-0.15, -0.1) is 0 Å². The number of amidine groups is 1. The molecule has 0 bridgehead atoms. The monoisotopic (exact) mass is 680 g/mol. The normalized spacial score (nSPS) is 13.7. The van der Waals surface area contributed by atoms with Crippen LogP contribution in [0.25, 0.3) is 77.1 Å². The lowest BCUT2D eigenvalue weighted by atomic mass is 9.98. The van der Waals surface area contributed by atoms with E-state index in [1.807, 2.05) is 34.3 Å². The second kappa shape index (κ2) is 12.6. The van der Waals surface area contributed by atoms with Crippen molar-refractivity contribution in [2.75, 3.05) is 0 Å².